The van der Waals surface area contributed by atoms with Gasteiger partial charge in [0.2, 0.25) is 0 Å². The summed E-state index contributed by atoms with van der Waals surface area (Å²) in [5.74, 6) is 0. The van der Waals surface area contributed by atoms with E-state index >= 15 is 0 Å². The highest BCUT2D eigenvalue weighted by molar-refractivity contribution is 6.09. The first-order chi connectivity index (χ1) is 12.4. The smallest absolute Gasteiger partial charge is 0.158 e. The summed E-state index contributed by atoms with van der Waals surface area (Å²) in [6.07, 6.45) is 3.24. The summed E-state index contributed by atoms with van der Waals surface area (Å²) in [5, 5.41) is 5.13. The molecule has 1 unspecified atom stereocenters. The van der Waals surface area contributed by atoms with Crippen LogP contribution in [0.15, 0.2) is 42.5 Å². The highest BCUT2D eigenvalue weighted by Crippen LogP contribution is 2.36. The van der Waals surface area contributed by atoms with Crippen molar-refractivity contribution in [1.29, 1.82) is 0 Å². The van der Waals surface area contributed by atoms with Gasteiger partial charge in [-0.05, 0) is 63.6 Å². The largest absolute Gasteiger partial charge is 0.372 e. The maximum absolute atomic E-state index is 6.17. The summed E-state index contributed by atoms with van der Waals surface area (Å²) >= 11 is 0. The number of rotatable bonds is 3. The third-order valence-corrected chi connectivity index (χ3v) is 5.40. The predicted octanol–water partition coefficient (Wildman–Crippen LogP) is 5.07. The molecule has 2 aliphatic rings. The van der Waals surface area contributed by atoms with Gasteiger partial charge in [0.1, 0.15) is 0 Å². The van der Waals surface area contributed by atoms with Crippen LogP contribution in [0.2, 0.25) is 0 Å². The molecule has 0 aliphatic carbocycles. The Morgan fingerprint density at radius 3 is 2.84 bits per heavy atom. The summed E-state index contributed by atoms with van der Waals surface area (Å²) < 4.78 is 17.7. The number of benzene rings is 3. The van der Waals surface area contributed by atoms with Gasteiger partial charge in [-0.25, -0.2) is 0 Å². The number of fused-ring (bicyclic) bond motifs is 4. The van der Waals surface area contributed by atoms with Crippen molar-refractivity contribution in [2.24, 2.45) is 0 Å². The Kier molecular flexibility index (Phi) is 3.93. The van der Waals surface area contributed by atoms with Crippen LogP contribution in [0, 0.1) is 0 Å². The Morgan fingerprint density at radius 1 is 1.00 bits per heavy atom. The molecule has 3 heteroatoms. The minimum Gasteiger partial charge on any atom is -0.372 e. The maximum Gasteiger partial charge on any atom is 0.158 e. The molecule has 0 amide bonds. The Balaban J connectivity index is 1.64. The number of ether oxygens (including phenoxy) is 3. The van der Waals surface area contributed by atoms with Crippen LogP contribution >= 0.6 is 0 Å². The van der Waals surface area contributed by atoms with Crippen molar-refractivity contribution in [2.75, 3.05) is 6.61 Å². The molecule has 0 aromatic heterocycles. The van der Waals surface area contributed by atoms with Gasteiger partial charge in [-0.15, -0.1) is 0 Å². The fourth-order valence-electron chi connectivity index (χ4n) is 4.11. The standard InChI is InChI=1S/C22H22O3/c1-2-6-18-15(5-1)8-9-16-11-17-12-23-13-19(17)20(22(16)18)14-25-21-7-3-4-10-24-21/h1-2,5-6,8-9,11,21H,3-4,7,10,12-14H2. The minimum absolute atomic E-state index is 0.0723. The van der Waals surface area contributed by atoms with Crippen molar-refractivity contribution in [3.8, 4) is 0 Å². The molecular formula is C22H22O3. The van der Waals surface area contributed by atoms with E-state index in [4.69, 9.17) is 14.2 Å². The summed E-state index contributed by atoms with van der Waals surface area (Å²) in [5.41, 5.74) is 3.88. The molecule has 0 spiro atoms. The normalized spacial score (nSPS) is 20.2. The molecule has 2 heterocycles. The van der Waals surface area contributed by atoms with Crippen molar-refractivity contribution < 1.29 is 14.2 Å². The zero-order valence-electron chi connectivity index (χ0n) is 14.3. The highest BCUT2D eigenvalue weighted by atomic mass is 16.7. The molecular weight excluding hydrogens is 312 g/mol. The van der Waals surface area contributed by atoms with Gasteiger partial charge < -0.3 is 14.2 Å². The topological polar surface area (TPSA) is 27.7 Å². The Labute approximate surface area is 147 Å². The lowest BCUT2D eigenvalue weighted by Gasteiger charge is -2.24. The summed E-state index contributed by atoms with van der Waals surface area (Å²) in [4.78, 5) is 0. The van der Waals surface area contributed by atoms with Crippen molar-refractivity contribution in [1.82, 2.24) is 0 Å². The molecule has 25 heavy (non-hydrogen) atoms. The molecule has 3 aromatic rings. The molecule has 1 fully saturated rings. The maximum atomic E-state index is 6.17. The van der Waals surface area contributed by atoms with Gasteiger partial charge in [0.05, 0.1) is 19.8 Å². The molecule has 1 atom stereocenters. The third-order valence-electron chi connectivity index (χ3n) is 5.40. The van der Waals surface area contributed by atoms with Crippen LogP contribution < -0.4 is 0 Å². The SMILES string of the molecule is c1ccc2c(c1)ccc1cc3c(c(COC4CCCCO4)c12)COC3. The van der Waals surface area contributed by atoms with Crippen LogP contribution in [-0.4, -0.2) is 12.9 Å². The van der Waals surface area contributed by atoms with Crippen LogP contribution in [0.3, 0.4) is 0 Å². The molecule has 1 saturated heterocycles. The number of hydrogen-bond donors (Lipinski definition) is 0. The Bertz CT molecular complexity index is 925. The molecule has 0 radical (unpaired) electrons. The lowest BCUT2D eigenvalue weighted by Crippen LogP contribution is -2.22. The lowest BCUT2D eigenvalue weighted by atomic mass is 9.92. The van der Waals surface area contributed by atoms with Gasteiger partial charge in [0.25, 0.3) is 0 Å². The van der Waals surface area contributed by atoms with Crippen molar-refractivity contribution in [3.05, 3.63) is 59.2 Å². The molecule has 0 saturated carbocycles. The van der Waals surface area contributed by atoms with Gasteiger partial charge in [0.15, 0.2) is 6.29 Å². The van der Waals surface area contributed by atoms with Gasteiger partial charge in [-0.1, -0.05) is 36.4 Å². The first-order valence-electron chi connectivity index (χ1n) is 9.16. The van der Waals surface area contributed by atoms with E-state index < -0.39 is 0 Å². The molecule has 128 valence electrons. The highest BCUT2D eigenvalue weighted by Gasteiger charge is 2.22. The fourth-order valence-corrected chi connectivity index (χ4v) is 4.11. The van der Waals surface area contributed by atoms with Gasteiger partial charge in [-0.3, -0.25) is 0 Å². The van der Waals surface area contributed by atoms with E-state index in [0.29, 0.717) is 19.8 Å². The fraction of sp³-hybridized carbons (Fsp3) is 0.364. The lowest BCUT2D eigenvalue weighted by molar-refractivity contribution is -0.168. The van der Waals surface area contributed by atoms with Crippen LogP contribution in [0.4, 0.5) is 0 Å². The first kappa shape index (κ1) is 15.3. The van der Waals surface area contributed by atoms with Crippen molar-refractivity contribution >= 4 is 21.5 Å². The van der Waals surface area contributed by atoms with Crippen LogP contribution in [0.1, 0.15) is 36.0 Å². The predicted molar refractivity (Wildman–Crippen MR) is 98.3 cm³/mol. The van der Waals surface area contributed by atoms with E-state index in [0.717, 1.165) is 19.4 Å². The van der Waals surface area contributed by atoms with E-state index in [1.165, 1.54) is 44.7 Å². The van der Waals surface area contributed by atoms with E-state index in [9.17, 15) is 0 Å². The van der Waals surface area contributed by atoms with Crippen LogP contribution in [0.5, 0.6) is 0 Å². The van der Waals surface area contributed by atoms with Crippen LogP contribution in [0.25, 0.3) is 21.5 Å². The number of hydrogen-bond acceptors (Lipinski definition) is 3. The second kappa shape index (κ2) is 6.41. The zero-order valence-corrected chi connectivity index (χ0v) is 14.3. The average molecular weight is 334 g/mol. The Hall–Kier alpha value is -1.94. The third kappa shape index (κ3) is 2.73. The van der Waals surface area contributed by atoms with Gasteiger partial charge in [-0.2, -0.15) is 0 Å². The average Bonchev–Trinajstić information content (AvgIpc) is 3.14. The molecule has 5 rings (SSSR count). The Morgan fingerprint density at radius 2 is 1.92 bits per heavy atom. The quantitative estimate of drug-likeness (QED) is 0.626. The second-order valence-corrected chi connectivity index (χ2v) is 6.98. The van der Waals surface area contributed by atoms with Crippen molar-refractivity contribution in [3.63, 3.8) is 0 Å². The summed E-state index contributed by atoms with van der Waals surface area (Å²) in [6, 6.07) is 15.3. The van der Waals surface area contributed by atoms with E-state index in [1.54, 1.807) is 0 Å². The molecule has 2 aliphatic heterocycles. The first-order valence-corrected chi connectivity index (χ1v) is 9.16. The molecule has 3 nitrogen and oxygen atoms in total. The summed E-state index contributed by atoms with van der Waals surface area (Å²) in [7, 11) is 0. The van der Waals surface area contributed by atoms with Crippen molar-refractivity contribution in [2.45, 2.75) is 45.4 Å². The van der Waals surface area contributed by atoms with E-state index in [2.05, 4.69) is 42.5 Å². The molecule has 0 N–H and O–H groups in total. The monoisotopic (exact) mass is 334 g/mol. The molecule has 0 bridgehead atoms. The van der Waals surface area contributed by atoms with Gasteiger partial charge in [0, 0.05) is 6.61 Å². The minimum atomic E-state index is -0.0723. The zero-order chi connectivity index (χ0) is 16.6. The second-order valence-electron chi connectivity index (χ2n) is 6.98. The van der Waals surface area contributed by atoms with E-state index in [1.807, 2.05) is 0 Å². The van der Waals surface area contributed by atoms with Crippen LogP contribution in [-0.2, 0) is 34.0 Å². The molecule has 3 aromatic carbocycles. The van der Waals surface area contributed by atoms with Gasteiger partial charge >= 0.3 is 0 Å². The summed E-state index contributed by atoms with van der Waals surface area (Å²) in [6.45, 7) is 2.77. The van der Waals surface area contributed by atoms with E-state index in [-0.39, 0.29) is 6.29 Å².